The van der Waals surface area contributed by atoms with Crippen molar-refractivity contribution in [2.75, 3.05) is 12.3 Å². The van der Waals surface area contributed by atoms with Crippen molar-refractivity contribution in [3.8, 4) is 16.2 Å². The standard InChI is InChI=1S/C10H11N3OS/c1-2-14-8-3-7(4-12-5-8)9-6-13-10(11)15-9/h3-6H,2H2,1H3,(H2,11,13). The Balaban J connectivity index is 2.32. The molecule has 2 heterocycles. The van der Waals surface area contributed by atoms with Crippen LogP contribution in [-0.4, -0.2) is 16.6 Å². The van der Waals surface area contributed by atoms with E-state index in [9.17, 15) is 0 Å². The topological polar surface area (TPSA) is 61.0 Å². The maximum Gasteiger partial charge on any atom is 0.180 e. The molecule has 0 bridgehead atoms. The van der Waals surface area contributed by atoms with E-state index in [-0.39, 0.29) is 0 Å². The second kappa shape index (κ2) is 4.27. The Bertz CT molecular complexity index is 455. The number of aromatic nitrogens is 2. The summed E-state index contributed by atoms with van der Waals surface area (Å²) >= 11 is 1.44. The first kappa shape index (κ1) is 9.92. The Morgan fingerprint density at radius 3 is 2.93 bits per heavy atom. The van der Waals surface area contributed by atoms with Crippen molar-refractivity contribution in [2.24, 2.45) is 0 Å². The molecule has 78 valence electrons. The van der Waals surface area contributed by atoms with E-state index in [2.05, 4.69) is 9.97 Å². The summed E-state index contributed by atoms with van der Waals surface area (Å²) in [6.07, 6.45) is 5.21. The van der Waals surface area contributed by atoms with Crippen molar-refractivity contribution >= 4 is 16.5 Å². The van der Waals surface area contributed by atoms with Crippen LogP contribution in [0.15, 0.2) is 24.7 Å². The number of rotatable bonds is 3. The Kier molecular flexibility index (Phi) is 2.82. The third-order valence-electron chi connectivity index (χ3n) is 1.83. The van der Waals surface area contributed by atoms with Gasteiger partial charge in [0.1, 0.15) is 5.75 Å². The molecule has 0 atom stereocenters. The monoisotopic (exact) mass is 221 g/mol. The summed E-state index contributed by atoms with van der Waals surface area (Å²) in [5, 5.41) is 0.562. The van der Waals surface area contributed by atoms with Crippen molar-refractivity contribution in [1.82, 2.24) is 9.97 Å². The first-order chi connectivity index (χ1) is 7.29. The number of anilines is 1. The SMILES string of the molecule is CCOc1cncc(-c2cnc(N)s2)c1. The van der Waals surface area contributed by atoms with Crippen LogP contribution in [0.2, 0.25) is 0 Å². The molecule has 0 aliphatic heterocycles. The van der Waals surface area contributed by atoms with Gasteiger partial charge in [-0.1, -0.05) is 11.3 Å². The van der Waals surface area contributed by atoms with Crippen LogP contribution in [0.3, 0.4) is 0 Å². The van der Waals surface area contributed by atoms with E-state index < -0.39 is 0 Å². The predicted molar refractivity (Wildman–Crippen MR) is 60.9 cm³/mol. The molecule has 0 fully saturated rings. The van der Waals surface area contributed by atoms with Gasteiger partial charge in [-0.05, 0) is 13.0 Å². The summed E-state index contributed by atoms with van der Waals surface area (Å²) in [7, 11) is 0. The van der Waals surface area contributed by atoms with Gasteiger partial charge >= 0.3 is 0 Å². The maximum atomic E-state index is 5.57. The van der Waals surface area contributed by atoms with Gasteiger partial charge in [-0.25, -0.2) is 4.98 Å². The van der Waals surface area contributed by atoms with Crippen LogP contribution in [0.25, 0.3) is 10.4 Å². The fourth-order valence-electron chi connectivity index (χ4n) is 1.22. The lowest BCUT2D eigenvalue weighted by Gasteiger charge is -2.03. The molecule has 0 spiro atoms. The highest BCUT2D eigenvalue weighted by Crippen LogP contribution is 2.28. The predicted octanol–water partition coefficient (Wildman–Crippen LogP) is 2.19. The van der Waals surface area contributed by atoms with Crippen molar-refractivity contribution < 1.29 is 4.74 Å². The second-order valence-corrected chi connectivity index (χ2v) is 3.97. The largest absolute Gasteiger partial charge is 0.492 e. The van der Waals surface area contributed by atoms with E-state index in [0.29, 0.717) is 11.7 Å². The van der Waals surface area contributed by atoms with Gasteiger partial charge in [0, 0.05) is 18.0 Å². The number of pyridine rings is 1. The van der Waals surface area contributed by atoms with Crippen molar-refractivity contribution in [3.05, 3.63) is 24.7 Å². The fourth-order valence-corrected chi connectivity index (χ4v) is 1.89. The Morgan fingerprint density at radius 2 is 2.27 bits per heavy atom. The average molecular weight is 221 g/mol. The van der Waals surface area contributed by atoms with Crippen LogP contribution in [0, 0.1) is 0 Å². The van der Waals surface area contributed by atoms with Gasteiger partial charge in [0.15, 0.2) is 5.13 Å². The van der Waals surface area contributed by atoms with Crippen LogP contribution in [0.4, 0.5) is 5.13 Å². The summed E-state index contributed by atoms with van der Waals surface area (Å²) in [4.78, 5) is 9.10. The summed E-state index contributed by atoms with van der Waals surface area (Å²) < 4.78 is 5.37. The number of hydrogen-bond donors (Lipinski definition) is 1. The van der Waals surface area contributed by atoms with Crippen LogP contribution >= 0.6 is 11.3 Å². The highest BCUT2D eigenvalue weighted by Gasteiger charge is 2.04. The Morgan fingerprint density at radius 1 is 1.40 bits per heavy atom. The first-order valence-electron chi connectivity index (χ1n) is 4.59. The highest BCUT2D eigenvalue weighted by atomic mass is 32.1. The van der Waals surface area contributed by atoms with E-state index in [4.69, 9.17) is 10.5 Å². The normalized spacial score (nSPS) is 10.2. The van der Waals surface area contributed by atoms with Gasteiger partial charge in [0.05, 0.1) is 17.7 Å². The molecule has 0 amide bonds. The molecule has 0 unspecified atom stereocenters. The summed E-state index contributed by atoms with van der Waals surface area (Å²) in [6.45, 7) is 2.58. The zero-order valence-corrected chi connectivity index (χ0v) is 9.12. The summed E-state index contributed by atoms with van der Waals surface area (Å²) in [6, 6.07) is 1.93. The molecule has 5 heteroatoms. The number of nitrogens with two attached hydrogens (primary N) is 1. The minimum atomic E-state index is 0.562. The third kappa shape index (κ3) is 2.24. The lowest BCUT2D eigenvalue weighted by Crippen LogP contribution is -1.91. The zero-order valence-electron chi connectivity index (χ0n) is 8.30. The molecule has 15 heavy (non-hydrogen) atoms. The van der Waals surface area contributed by atoms with Crippen LogP contribution in [-0.2, 0) is 0 Å². The van der Waals surface area contributed by atoms with Gasteiger partial charge in [0.2, 0.25) is 0 Å². The Labute approximate surface area is 91.8 Å². The van der Waals surface area contributed by atoms with Gasteiger partial charge in [0.25, 0.3) is 0 Å². The first-order valence-corrected chi connectivity index (χ1v) is 5.40. The molecule has 2 aromatic rings. The number of ether oxygens (including phenoxy) is 1. The lowest BCUT2D eigenvalue weighted by molar-refractivity contribution is 0.339. The minimum absolute atomic E-state index is 0.562. The van der Waals surface area contributed by atoms with E-state index in [1.807, 2.05) is 13.0 Å². The Hall–Kier alpha value is -1.62. The molecule has 2 rings (SSSR count). The molecule has 4 nitrogen and oxygen atoms in total. The van der Waals surface area contributed by atoms with E-state index in [1.165, 1.54) is 11.3 Å². The molecule has 0 aromatic carbocycles. The van der Waals surface area contributed by atoms with Crippen molar-refractivity contribution in [3.63, 3.8) is 0 Å². The molecular formula is C10H11N3OS. The minimum Gasteiger partial charge on any atom is -0.492 e. The van der Waals surface area contributed by atoms with Crippen molar-refractivity contribution in [1.29, 1.82) is 0 Å². The number of nitrogens with zero attached hydrogens (tertiary/aromatic N) is 2. The molecular weight excluding hydrogens is 210 g/mol. The number of hydrogen-bond acceptors (Lipinski definition) is 5. The quantitative estimate of drug-likeness (QED) is 0.863. The summed E-state index contributed by atoms with van der Waals surface area (Å²) in [5.74, 6) is 0.766. The fraction of sp³-hybridized carbons (Fsp3) is 0.200. The molecule has 2 N–H and O–H groups in total. The van der Waals surface area contributed by atoms with Crippen LogP contribution in [0.5, 0.6) is 5.75 Å². The third-order valence-corrected chi connectivity index (χ3v) is 2.71. The van der Waals surface area contributed by atoms with E-state index in [1.54, 1.807) is 18.6 Å². The van der Waals surface area contributed by atoms with Crippen molar-refractivity contribution in [2.45, 2.75) is 6.92 Å². The smallest absolute Gasteiger partial charge is 0.180 e. The maximum absolute atomic E-state index is 5.57. The second-order valence-electron chi connectivity index (χ2n) is 2.91. The van der Waals surface area contributed by atoms with Crippen LogP contribution < -0.4 is 10.5 Å². The molecule has 0 aliphatic rings. The van der Waals surface area contributed by atoms with Gasteiger partial charge in [-0.15, -0.1) is 0 Å². The van der Waals surface area contributed by atoms with Gasteiger partial charge in [-0.2, -0.15) is 0 Å². The molecule has 0 saturated heterocycles. The van der Waals surface area contributed by atoms with E-state index in [0.717, 1.165) is 16.2 Å². The molecule has 0 saturated carbocycles. The molecule has 0 aliphatic carbocycles. The van der Waals surface area contributed by atoms with Gasteiger partial charge < -0.3 is 10.5 Å². The summed E-state index contributed by atoms with van der Waals surface area (Å²) in [5.41, 5.74) is 6.55. The highest BCUT2D eigenvalue weighted by molar-refractivity contribution is 7.18. The van der Waals surface area contributed by atoms with E-state index >= 15 is 0 Å². The van der Waals surface area contributed by atoms with Gasteiger partial charge in [-0.3, -0.25) is 4.98 Å². The van der Waals surface area contributed by atoms with Crippen LogP contribution in [0.1, 0.15) is 6.92 Å². The lowest BCUT2D eigenvalue weighted by atomic mass is 10.2. The molecule has 0 radical (unpaired) electrons. The zero-order chi connectivity index (χ0) is 10.7. The number of nitrogen functional groups attached to an aromatic ring is 1. The number of thiazole rings is 1. The average Bonchev–Trinajstić information content (AvgIpc) is 2.66. The molecule has 2 aromatic heterocycles.